The van der Waals surface area contributed by atoms with Gasteiger partial charge in [0.05, 0.1) is 23.4 Å². The van der Waals surface area contributed by atoms with E-state index in [0.29, 0.717) is 29.0 Å². The van der Waals surface area contributed by atoms with Crippen molar-refractivity contribution >= 4 is 49.8 Å². The van der Waals surface area contributed by atoms with Crippen LogP contribution in [-0.4, -0.2) is 57.6 Å². The fraction of sp³-hybridized carbons (Fsp3) is 0.250. The molecule has 0 amide bonds. The molecule has 0 aliphatic heterocycles. The van der Waals surface area contributed by atoms with Gasteiger partial charge in [-0.2, -0.15) is 0 Å². The highest BCUT2D eigenvalue weighted by Crippen LogP contribution is 2.37. The fourth-order valence-electron chi connectivity index (χ4n) is 3.27. The van der Waals surface area contributed by atoms with Crippen LogP contribution in [0.5, 0.6) is 11.5 Å². The van der Waals surface area contributed by atoms with E-state index < -0.39 is 10.0 Å². The lowest BCUT2D eigenvalue weighted by atomic mass is 10.2. The first-order valence-corrected chi connectivity index (χ1v) is 13.9. The largest absolute Gasteiger partial charge is 0.493 e. The van der Waals surface area contributed by atoms with Crippen molar-refractivity contribution in [3.8, 4) is 11.5 Å². The number of nitrogens with zero attached hydrogens (tertiary/aromatic N) is 3. The average molecular weight is 531 g/mol. The molecule has 0 fully saturated rings. The second kappa shape index (κ2) is 11.3. The molecule has 0 spiro atoms. The molecule has 0 aliphatic rings. The van der Waals surface area contributed by atoms with Crippen LogP contribution in [0.15, 0.2) is 74.2 Å². The molecular formula is C24H26N4O4S3. The molecule has 0 saturated carbocycles. The first-order chi connectivity index (χ1) is 16.9. The minimum absolute atomic E-state index is 0.179. The maximum Gasteiger partial charge on any atom is 0.272 e. The summed E-state index contributed by atoms with van der Waals surface area (Å²) in [5.74, 6) is 1.21. The highest BCUT2D eigenvalue weighted by Gasteiger charge is 2.21. The van der Waals surface area contributed by atoms with Gasteiger partial charge in [-0.3, -0.25) is 4.72 Å². The van der Waals surface area contributed by atoms with E-state index in [-0.39, 0.29) is 10.0 Å². The van der Waals surface area contributed by atoms with Crippen molar-refractivity contribution in [2.24, 2.45) is 0 Å². The van der Waals surface area contributed by atoms with Crippen LogP contribution in [0.25, 0.3) is 10.9 Å². The molecule has 184 valence electrons. The third kappa shape index (κ3) is 6.43. The molecule has 2 heterocycles. The molecule has 4 rings (SSSR count). The molecule has 1 N–H and O–H groups in total. The Kier molecular flexibility index (Phi) is 8.11. The standard InChI is InChI=1S/C24H26N4O4S3/c1-28(2)12-7-13-32-21-15-19-18(14-20(21)31-3)24(26-16-25-19)27-35(29,30)23-11-10-22(34-23)33-17-8-5-4-6-9-17/h4-6,8-11,14-16H,7,12-13H2,1-3H3,(H,25,26,27). The van der Waals surface area contributed by atoms with E-state index in [0.717, 1.165) is 22.1 Å². The molecule has 4 aromatic rings. The van der Waals surface area contributed by atoms with Gasteiger partial charge in [-0.25, -0.2) is 18.4 Å². The van der Waals surface area contributed by atoms with Crippen LogP contribution in [0.4, 0.5) is 5.82 Å². The van der Waals surface area contributed by atoms with Gasteiger partial charge in [0.2, 0.25) is 0 Å². The lowest BCUT2D eigenvalue weighted by Gasteiger charge is -2.14. The van der Waals surface area contributed by atoms with E-state index >= 15 is 0 Å². The van der Waals surface area contributed by atoms with Crippen LogP contribution in [0.1, 0.15) is 6.42 Å². The molecule has 2 aromatic heterocycles. The Morgan fingerprint density at radius 2 is 1.86 bits per heavy atom. The highest BCUT2D eigenvalue weighted by molar-refractivity contribution is 8.02. The molecule has 0 bridgehead atoms. The van der Waals surface area contributed by atoms with Gasteiger partial charge < -0.3 is 14.4 Å². The van der Waals surface area contributed by atoms with Crippen LogP contribution < -0.4 is 14.2 Å². The second-order valence-electron chi connectivity index (χ2n) is 7.84. The van der Waals surface area contributed by atoms with Gasteiger partial charge in [-0.05, 0) is 50.8 Å². The Morgan fingerprint density at radius 3 is 2.60 bits per heavy atom. The summed E-state index contributed by atoms with van der Waals surface area (Å²) in [5.41, 5.74) is 0.549. The predicted molar refractivity (Wildman–Crippen MR) is 140 cm³/mol. The molecule has 0 saturated heterocycles. The summed E-state index contributed by atoms with van der Waals surface area (Å²) in [4.78, 5) is 11.6. The third-order valence-corrected chi connectivity index (χ3v) is 9.00. The van der Waals surface area contributed by atoms with Gasteiger partial charge in [-0.1, -0.05) is 30.0 Å². The lowest BCUT2D eigenvalue weighted by molar-refractivity contribution is 0.268. The normalized spacial score (nSPS) is 11.7. The van der Waals surface area contributed by atoms with Crippen molar-refractivity contribution in [1.82, 2.24) is 14.9 Å². The summed E-state index contributed by atoms with van der Waals surface area (Å²) < 4.78 is 41.3. The van der Waals surface area contributed by atoms with Crippen molar-refractivity contribution in [3.05, 3.63) is 60.9 Å². The smallest absolute Gasteiger partial charge is 0.272 e. The van der Waals surface area contributed by atoms with Gasteiger partial charge in [-0.15, -0.1) is 11.3 Å². The van der Waals surface area contributed by atoms with Crippen LogP contribution in [-0.2, 0) is 10.0 Å². The number of hydrogen-bond acceptors (Lipinski definition) is 9. The van der Waals surface area contributed by atoms with Crippen LogP contribution in [0.3, 0.4) is 0 Å². The average Bonchev–Trinajstić information content (AvgIpc) is 3.31. The summed E-state index contributed by atoms with van der Waals surface area (Å²) >= 11 is 2.72. The Hall–Kier alpha value is -2.86. The van der Waals surface area contributed by atoms with E-state index in [4.69, 9.17) is 9.47 Å². The molecule has 35 heavy (non-hydrogen) atoms. The third-order valence-electron chi connectivity index (χ3n) is 4.94. The number of ether oxygens (including phenoxy) is 2. The zero-order valence-electron chi connectivity index (χ0n) is 19.6. The molecule has 0 radical (unpaired) electrons. The van der Waals surface area contributed by atoms with Crippen LogP contribution in [0, 0.1) is 0 Å². The number of hydrogen-bond donors (Lipinski definition) is 1. The van der Waals surface area contributed by atoms with Crippen LogP contribution in [0.2, 0.25) is 0 Å². The first kappa shape index (κ1) is 25.2. The second-order valence-corrected chi connectivity index (χ2v) is 12.2. The number of rotatable bonds is 11. The van der Waals surface area contributed by atoms with Crippen molar-refractivity contribution < 1.29 is 17.9 Å². The molecule has 0 aliphatic carbocycles. The molecule has 8 nitrogen and oxygen atoms in total. The summed E-state index contributed by atoms with van der Waals surface area (Å²) in [6.45, 7) is 1.42. The number of aromatic nitrogens is 2. The van der Waals surface area contributed by atoms with Gasteiger partial charge in [0.25, 0.3) is 10.0 Å². The lowest BCUT2D eigenvalue weighted by Crippen LogP contribution is -2.15. The Balaban J connectivity index is 1.55. The molecule has 11 heteroatoms. The van der Waals surface area contributed by atoms with Gasteiger partial charge in [0.1, 0.15) is 10.5 Å². The van der Waals surface area contributed by atoms with Crippen molar-refractivity contribution in [3.63, 3.8) is 0 Å². The van der Waals surface area contributed by atoms with Gasteiger partial charge in [0, 0.05) is 22.9 Å². The topological polar surface area (TPSA) is 93.6 Å². The van der Waals surface area contributed by atoms with E-state index in [1.54, 1.807) is 31.4 Å². The number of thiophene rings is 1. The highest BCUT2D eigenvalue weighted by atomic mass is 32.3. The number of fused-ring (bicyclic) bond motifs is 1. The van der Waals surface area contributed by atoms with E-state index in [9.17, 15) is 8.42 Å². The van der Waals surface area contributed by atoms with Crippen molar-refractivity contribution in [2.75, 3.05) is 39.1 Å². The Labute approximate surface area is 213 Å². The molecule has 0 atom stereocenters. The zero-order valence-corrected chi connectivity index (χ0v) is 22.0. The zero-order chi connectivity index (χ0) is 24.8. The number of nitrogens with one attached hydrogen (secondary N) is 1. The SMILES string of the molecule is COc1cc2c(NS(=O)(=O)c3ccc(Sc4ccccc4)s3)ncnc2cc1OCCCN(C)C. The van der Waals surface area contributed by atoms with Gasteiger partial charge in [0.15, 0.2) is 17.3 Å². The maximum absolute atomic E-state index is 13.1. The van der Waals surface area contributed by atoms with Crippen molar-refractivity contribution in [1.29, 1.82) is 0 Å². The van der Waals surface area contributed by atoms with E-state index in [2.05, 4.69) is 19.6 Å². The molecular weight excluding hydrogens is 504 g/mol. The fourth-order valence-corrected chi connectivity index (χ4v) is 6.88. The Bertz CT molecular complexity index is 1390. The quantitative estimate of drug-likeness (QED) is 0.271. The summed E-state index contributed by atoms with van der Waals surface area (Å²) in [7, 11) is 1.72. The maximum atomic E-state index is 13.1. The number of sulfonamides is 1. The van der Waals surface area contributed by atoms with E-state index in [1.165, 1.54) is 29.4 Å². The molecule has 2 aromatic carbocycles. The summed E-state index contributed by atoms with van der Waals surface area (Å²) in [6, 6.07) is 16.6. The summed E-state index contributed by atoms with van der Waals surface area (Å²) in [6.07, 6.45) is 2.18. The van der Waals surface area contributed by atoms with Crippen LogP contribution >= 0.6 is 23.1 Å². The molecule has 0 unspecified atom stereocenters. The number of anilines is 1. The van der Waals surface area contributed by atoms with Crippen molar-refractivity contribution in [2.45, 2.75) is 19.7 Å². The minimum atomic E-state index is -3.84. The first-order valence-electron chi connectivity index (χ1n) is 10.8. The number of methoxy groups -OCH3 is 1. The summed E-state index contributed by atoms with van der Waals surface area (Å²) in [5, 5.41) is 0.518. The minimum Gasteiger partial charge on any atom is -0.493 e. The monoisotopic (exact) mass is 530 g/mol. The van der Waals surface area contributed by atoms with Gasteiger partial charge >= 0.3 is 0 Å². The number of benzene rings is 2. The Morgan fingerprint density at radius 1 is 1.06 bits per heavy atom. The predicted octanol–water partition coefficient (Wildman–Crippen LogP) is 4.98. The van der Waals surface area contributed by atoms with E-state index in [1.807, 2.05) is 44.4 Å².